The van der Waals surface area contributed by atoms with Crippen LogP contribution in [0, 0.1) is 5.92 Å². The quantitative estimate of drug-likeness (QED) is 0.838. The lowest BCUT2D eigenvalue weighted by atomic mass is 9.88. The van der Waals surface area contributed by atoms with Gasteiger partial charge in [0.2, 0.25) is 5.91 Å². The highest BCUT2D eigenvalue weighted by Gasteiger charge is 2.41. The van der Waals surface area contributed by atoms with Crippen LogP contribution in [-0.4, -0.2) is 43.0 Å². The highest BCUT2D eigenvalue weighted by Crippen LogP contribution is 2.35. The number of likely N-dealkylation sites (tertiary alicyclic amines) is 1. The van der Waals surface area contributed by atoms with Crippen molar-refractivity contribution in [1.82, 2.24) is 10.2 Å². The van der Waals surface area contributed by atoms with Gasteiger partial charge in [0.25, 0.3) is 5.91 Å². The largest absolute Gasteiger partial charge is 0.497 e. The van der Waals surface area contributed by atoms with E-state index in [1.165, 1.54) is 0 Å². The molecule has 28 heavy (non-hydrogen) atoms. The molecule has 146 valence electrons. The Hall–Kier alpha value is -2.53. The molecule has 0 radical (unpaired) electrons. The van der Waals surface area contributed by atoms with Crippen LogP contribution in [0.5, 0.6) is 5.75 Å². The van der Waals surface area contributed by atoms with Gasteiger partial charge in [-0.1, -0.05) is 29.8 Å². The summed E-state index contributed by atoms with van der Waals surface area (Å²) < 4.78 is 5.24. The molecule has 2 unspecified atom stereocenters. The van der Waals surface area contributed by atoms with Gasteiger partial charge in [0.15, 0.2) is 0 Å². The molecule has 0 bridgehead atoms. The van der Waals surface area contributed by atoms with Crippen molar-refractivity contribution in [2.45, 2.75) is 24.8 Å². The third-order valence-electron chi connectivity index (χ3n) is 5.48. The number of benzene rings is 2. The van der Waals surface area contributed by atoms with Crippen molar-refractivity contribution < 1.29 is 14.3 Å². The minimum absolute atomic E-state index is 0.0321. The molecule has 2 atom stereocenters. The number of hydrogen-bond acceptors (Lipinski definition) is 3. The summed E-state index contributed by atoms with van der Waals surface area (Å²) in [6.07, 6.45) is 2.08. The van der Waals surface area contributed by atoms with E-state index in [4.69, 9.17) is 16.3 Å². The summed E-state index contributed by atoms with van der Waals surface area (Å²) in [7, 11) is 1.63. The van der Waals surface area contributed by atoms with Crippen LogP contribution in [-0.2, 0) is 4.79 Å². The van der Waals surface area contributed by atoms with E-state index < -0.39 is 0 Å². The molecule has 5 nitrogen and oxygen atoms in total. The Labute approximate surface area is 169 Å². The van der Waals surface area contributed by atoms with Gasteiger partial charge < -0.3 is 15.0 Å². The zero-order valence-corrected chi connectivity index (χ0v) is 16.5. The Morgan fingerprint density at radius 2 is 1.86 bits per heavy atom. The maximum Gasteiger partial charge on any atom is 0.253 e. The second-order valence-corrected chi connectivity index (χ2v) is 7.93. The number of amides is 2. The predicted octanol–water partition coefficient (Wildman–Crippen LogP) is 3.48. The van der Waals surface area contributed by atoms with Gasteiger partial charge in [-0.3, -0.25) is 9.59 Å². The van der Waals surface area contributed by atoms with Crippen molar-refractivity contribution in [2.75, 3.05) is 20.2 Å². The normalized spacial score (nSPS) is 21.4. The van der Waals surface area contributed by atoms with Crippen molar-refractivity contribution in [1.29, 1.82) is 0 Å². The van der Waals surface area contributed by atoms with Gasteiger partial charge in [-0.05, 0) is 48.7 Å². The molecule has 1 N–H and O–H groups in total. The van der Waals surface area contributed by atoms with Crippen molar-refractivity contribution >= 4 is 23.4 Å². The van der Waals surface area contributed by atoms with Crippen molar-refractivity contribution in [3.8, 4) is 5.75 Å². The average Bonchev–Trinajstić information content (AvgIpc) is 3.41. The summed E-state index contributed by atoms with van der Waals surface area (Å²) in [4.78, 5) is 27.6. The van der Waals surface area contributed by atoms with E-state index in [-0.39, 0.29) is 23.7 Å². The van der Waals surface area contributed by atoms with E-state index in [0.29, 0.717) is 29.7 Å². The molecule has 2 aromatic carbocycles. The topological polar surface area (TPSA) is 58.6 Å². The maximum absolute atomic E-state index is 13.0. The summed E-state index contributed by atoms with van der Waals surface area (Å²) in [5.41, 5.74) is 1.59. The minimum atomic E-state index is -0.267. The van der Waals surface area contributed by atoms with Gasteiger partial charge in [0.1, 0.15) is 5.75 Å². The molecule has 2 aromatic rings. The van der Waals surface area contributed by atoms with Gasteiger partial charge in [-0.25, -0.2) is 0 Å². The number of carbonyl (C=O) groups is 2. The highest BCUT2D eigenvalue weighted by atomic mass is 35.5. The van der Waals surface area contributed by atoms with E-state index in [9.17, 15) is 9.59 Å². The molecule has 0 aromatic heterocycles. The molecule has 1 saturated heterocycles. The number of rotatable bonds is 5. The molecule has 1 heterocycles. The smallest absolute Gasteiger partial charge is 0.253 e. The Morgan fingerprint density at radius 3 is 2.50 bits per heavy atom. The molecular weight excluding hydrogens is 376 g/mol. The molecule has 1 aliphatic heterocycles. The summed E-state index contributed by atoms with van der Waals surface area (Å²) >= 11 is 6.05. The first-order chi connectivity index (χ1) is 13.5. The van der Waals surface area contributed by atoms with Crippen molar-refractivity contribution in [3.05, 3.63) is 64.7 Å². The number of nitrogens with zero attached hydrogens (tertiary/aromatic N) is 1. The van der Waals surface area contributed by atoms with Crippen LogP contribution in [0.25, 0.3) is 0 Å². The molecule has 2 aliphatic rings. The third-order valence-corrected chi connectivity index (χ3v) is 5.72. The Bertz CT molecular complexity index is 880. The fraction of sp³-hybridized carbons (Fsp3) is 0.364. The van der Waals surface area contributed by atoms with Gasteiger partial charge in [0, 0.05) is 35.6 Å². The lowest BCUT2D eigenvalue weighted by Gasteiger charge is -2.18. The zero-order chi connectivity index (χ0) is 19.7. The summed E-state index contributed by atoms with van der Waals surface area (Å²) in [6, 6.07) is 15.0. The Morgan fingerprint density at radius 1 is 1.11 bits per heavy atom. The second-order valence-electron chi connectivity index (χ2n) is 7.49. The molecular formula is C22H23ClN2O3. The average molecular weight is 399 g/mol. The van der Waals surface area contributed by atoms with Gasteiger partial charge in [-0.2, -0.15) is 0 Å². The van der Waals surface area contributed by atoms with E-state index in [1.807, 2.05) is 24.3 Å². The van der Waals surface area contributed by atoms with Crippen LogP contribution >= 0.6 is 11.6 Å². The number of halogens is 1. The Balaban J connectivity index is 1.58. The highest BCUT2D eigenvalue weighted by molar-refractivity contribution is 6.30. The fourth-order valence-electron chi connectivity index (χ4n) is 3.76. The Kier molecular flexibility index (Phi) is 5.27. The first-order valence-electron chi connectivity index (χ1n) is 9.54. The molecule has 4 rings (SSSR count). The summed E-state index contributed by atoms with van der Waals surface area (Å²) in [5.74, 6) is 0.393. The van der Waals surface area contributed by atoms with Crippen LogP contribution in [0.4, 0.5) is 0 Å². The van der Waals surface area contributed by atoms with Crippen LogP contribution in [0.1, 0.15) is 34.7 Å². The van der Waals surface area contributed by atoms with Crippen LogP contribution in [0.2, 0.25) is 5.02 Å². The SMILES string of the molecule is COc1ccc(C2CN(C(=O)c3cccc(Cl)c3)CC2C(=O)NC2CC2)cc1. The molecule has 0 spiro atoms. The fourth-order valence-corrected chi connectivity index (χ4v) is 3.95. The molecule has 1 aliphatic carbocycles. The van der Waals surface area contributed by atoms with Crippen molar-refractivity contribution in [2.24, 2.45) is 5.92 Å². The predicted molar refractivity (Wildman–Crippen MR) is 108 cm³/mol. The summed E-state index contributed by atoms with van der Waals surface area (Å²) in [6.45, 7) is 0.904. The first-order valence-corrected chi connectivity index (χ1v) is 9.92. The first kappa shape index (κ1) is 18.8. The molecule has 2 fully saturated rings. The number of nitrogens with one attached hydrogen (secondary N) is 1. The third kappa shape index (κ3) is 3.99. The van der Waals surface area contributed by atoms with Gasteiger partial charge in [0.05, 0.1) is 13.0 Å². The number of methoxy groups -OCH3 is 1. The van der Waals surface area contributed by atoms with Gasteiger partial charge in [-0.15, -0.1) is 0 Å². The van der Waals surface area contributed by atoms with E-state index in [1.54, 1.807) is 36.3 Å². The van der Waals surface area contributed by atoms with Gasteiger partial charge >= 0.3 is 0 Å². The van der Waals surface area contributed by atoms with Crippen LogP contribution in [0.15, 0.2) is 48.5 Å². The van der Waals surface area contributed by atoms with E-state index in [2.05, 4.69) is 5.32 Å². The summed E-state index contributed by atoms with van der Waals surface area (Å²) in [5, 5.41) is 3.63. The van der Waals surface area contributed by atoms with E-state index >= 15 is 0 Å². The lowest BCUT2D eigenvalue weighted by molar-refractivity contribution is -0.125. The van der Waals surface area contributed by atoms with Crippen LogP contribution in [0.3, 0.4) is 0 Å². The van der Waals surface area contributed by atoms with Crippen LogP contribution < -0.4 is 10.1 Å². The van der Waals surface area contributed by atoms with Crippen molar-refractivity contribution in [3.63, 3.8) is 0 Å². The molecule has 6 heteroatoms. The second kappa shape index (κ2) is 7.84. The number of ether oxygens (including phenoxy) is 1. The maximum atomic E-state index is 13.0. The number of hydrogen-bond donors (Lipinski definition) is 1. The molecule has 1 saturated carbocycles. The standard InChI is InChI=1S/C22H23ClN2O3/c1-28-18-9-5-14(6-10-18)19-12-25(13-20(19)21(26)24-17-7-8-17)22(27)15-3-2-4-16(23)11-15/h2-6,9-11,17,19-20H,7-8,12-13H2,1H3,(H,24,26). The number of carbonyl (C=O) groups excluding carboxylic acids is 2. The van der Waals surface area contributed by atoms with E-state index in [0.717, 1.165) is 24.2 Å². The zero-order valence-electron chi connectivity index (χ0n) is 15.7. The lowest BCUT2D eigenvalue weighted by Crippen LogP contribution is -2.36. The molecule has 2 amide bonds. The monoisotopic (exact) mass is 398 g/mol. The minimum Gasteiger partial charge on any atom is -0.497 e.